The molecule has 3 nitrogen and oxygen atoms in total. The highest BCUT2D eigenvalue weighted by Crippen LogP contribution is 2.30. The number of hydrogen-bond acceptors (Lipinski definition) is 2. The highest BCUT2D eigenvalue weighted by Gasteiger charge is 2.28. The minimum absolute atomic E-state index is 0.236. The summed E-state index contributed by atoms with van der Waals surface area (Å²) in [6, 6.07) is 0.236. The summed E-state index contributed by atoms with van der Waals surface area (Å²) in [7, 11) is 3.96. The van der Waals surface area contributed by atoms with Gasteiger partial charge in [0.05, 0.1) is 6.42 Å². The first-order chi connectivity index (χ1) is 6.11. The summed E-state index contributed by atoms with van der Waals surface area (Å²) < 4.78 is 0. The predicted octanol–water partition coefficient (Wildman–Crippen LogP) is 1.58. The van der Waals surface area contributed by atoms with E-state index in [1.807, 2.05) is 14.1 Å². The van der Waals surface area contributed by atoms with Crippen molar-refractivity contribution >= 4 is 5.97 Å². The molecule has 0 aliphatic heterocycles. The van der Waals surface area contributed by atoms with Crippen LogP contribution in [0.5, 0.6) is 0 Å². The van der Waals surface area contributed by atoms with Gasteiger partial charge in [0.15, 0.2) is 0 Å². The summed E-state index contributed by atoms with van der Waals surface area (Å²) in [5.74, 6) is -0.0725. The molecule has 0 heterocycles. The first kappa shape index (κ1) is 10.5. The molecular weight excluding hydrogens is 166 g/mol. The number of carbonyl (C=O) groups is 1. The number of carboxylic acids is 1. The van der Waals surface area contributed by atoms with Gasteiger partial charge in [-0.3, -0.25) is 4.79 Å². The van der Waals surface area contributed by atoms with Crippen LogP contribution in [0.15, 0.2) is 0 Å². The molecule has 1 aliphatic rings. The maximum absolute atomic E-state index is 10.6. The van der Waals surface area contributed by atoms with Crippen LogP contribution in [-0.4, -0.2) is 36.1 Å². The van der Waals surface area contributed by atoms with E-state index in [9.17, 15) is 4.79 Å². The molecule has 13 heavy (non-hydrogen) atoms. The molecule has 1 unspecified atom stereocenters. The van der Waals surface area contributed by atoms with Crippen molar-refractivity contribution in [2.24, 2.45) is 5.92 Å². The normalized spacial score (nSPS) is 20.8. The molecule has 0 aromatic rings. The number of carboxylic acid groups (broad SMARTS) is 1. The maximum Gasteiger partial charge on any atom is 0.304 e. The highest BCUT2D eigenvalue weighted by molar-refractivity contribution is 5.67. The summed E-state index contributed by atoms with van der Waals surface area (Å²) >= 11 is 0. The second-order valence-corrected chi connectivity index (χ2v) is 4.17. The van der Waals surface area contributed by atoms with Crippen LogP contribution in [0.1, 0.15) is 32.1 Å². The number of rotatable bonds is 4. The van der Waals surface area contributed by atoms with Crippen LogP contribution in [0.3, 0.4) is 0 Å². The Labute approximate surface area is 79.7 Å². The molecule has 0 saturated heterocycles. The van der Waals surface area contributed by atoms with E-state index in [0.29, 0.717) is 5.92 Å². The topological polar surface area (TPSA) is 40.5 Å². The Hall–Kier alpha value is -0.570. The Morgan fingerprint density at radius 3 is 2.38 bits per heavy atom. The second-order valence-electron chi connectivity index (χ2n) is 4.17. The molecular formula is C10H19NO2. The van der Waals surface area contributed by atoms with Crippen LogP contribution in [0, 0.1) is 5.92 Å². The number of aliphatic carboxylic acids is 1. The largest absolute Gasteiger partial charge is 0.481 e. The van der Waals surface area contributed by atoms with E-state index in [2.05, 4.69) is 4.90 Å². The van der Waals surface area contributed by atoms with Crippen molar-refractivity contribution in [3.63, 3.8) is 0 Å². The van der Waals surface area contributed by atoms with Crippen molar-refractivity contribution in [2.75, 3.05) is 14.1 Å². The third-order valence-electron chi connectivity index (χ3n) is 2.99. The van der Waals surface area contributed by atoms with Gasteiger partial charge in [0, 0.05) is 6.04 Å². The first-order valence-electron chi connectivity index (χ1n) is 4.99. The monoisotopic (exact) mass is 185 g/mol. The SMILES string of the molecule is CN(C)C(CC(=O)O)C1CCCC1. The van der Waals surface area contributed by atoms with E-state index >= 15 is 0 Å². The molecule has 3 heteroatoms. The average Bonchev–Trinajstić information content (AvgIpc) is 2.50. The fourth-order valence-corrected chi connectivity index (χ4v) is 2.29. The van der Waals surface area contributed by atoms with Gasteiger partial charge in [-0.05, 0) is 32.9 Å². The van der Waals surface area contributed by atoms with E-state index in [1.54, 1.807) is 0 Å². The Kier molecular flexibility index (Phi) is 3.72. The van der Waals surface area contributed by atoms with Crippen LogP contribution in [0.2, 0.25) is 0 Å². The Morgan fingerprint density at radius 1 is 1.46 bits per heavy atom. The fourth-order valence-electron chi connectivity index (χ4n) is 2.29. The molecule has 1 atom stereocenters. The van der Waals surface area contributed by atoms with E-state index in [-0.39, 0.29) is 12.5 Å². The summed E-state index contributed by atoms with van der Waals surface area (Å²) in [6.07, 6.45) is 5.24. The fraction of sp³-hybridized carbons (Fsp3) is 0.900. The van der Waals surface area contributed by atoms with E-state index in [1.165, 1.54) is 25.7 Å². The summed E-state index contributed by atoms with van der Waals surface area (Å²) in [6.45, 7) is 0. The van der Waals surface area contributed by atoms with E-state index < -0.39 is 5.97 Å². The van der Waals surface area contributed by atoms with Crippen LogP contribution >= 0.6 is 0 Å². The molecule has 0 spiro atoms. The molecule has 0 amide bonds. The molecule has 0 aromatic carbocycles. The van der Waals surface area contributed by atoms with E-state index in [0.717, 1.165) is 0 Å². The molecule has 0 aromatic heterocycles. The third-order valence-corrected chi connectivity index (χ3v) is 2.99. The standard InChI is InChI=1S/C10H19NO2/c1-11(2)9(7-10(12)13)8-5-3-4-6-8/h8-9H,3-7H2,1-2H3,(H,12,13). The van der Waals surface area contributed by atoms with Gasteiger partial charge in [-0.1, -0.05) is 12.8 Å². The maximum atomic E-state index is 10.6. The molecule has 1 N–H and O–H groups in total. The van der Waals surface area contributed by atoms with Gasteiger partial charge in [-0.25, -0.2) is 0 Å². The van der Waals surface area contributed by atoms with Crippen molar-refractivity contribution in [3.05, 3.63) is 0 Å². The third kappa shape index (κ3) is 2.99. The van der Waals surface area contributed by atoms with Crippen molar-refractivity contribution in [2.45, 2.75) is 38.1 Å². The molecule has 1 saturated carbocycles. The van der Waals surface area contributed by atoms with Gasteiger partial charge in [-0.2, -0.15) is 0 Å². The lowest BCUT2D eigenvalue weighted by atomic mass is 9.94. The zero-order valence-corrected chi connectivity index (χ0v) is 8.49. The Bertz CT molecular complexity index is 174. The van der Waals surface area contributed by atoms with Crippen molar-refractivity contribution in [1.82, 2.24) is 4.90 Å². The minimum atomic E-state index is -0.675. The minimum Gasteiger partial charge on any atom is -0.481 e. The lowest BCUT2D eigenvalue weighted by Gasteiger charge is -2.28. The van der Waals surface area contributed by atoms with Gasteiger partial charge in [-0.15, -0.1) is 0 Å². The molecule has 1 rings (SSSR count). The number of hydrogen-bond donors (Lipinski definition) is 1. The van der Waals surface area contributed by atoms with Crippen LogP contribution < -0.4 is 0 Å². The summed E-state index contributed by atoms with van der Waals surface area (Å²) in [5, 5.41) is 8.77. The predicted molar refractivity (Wildman–Crippen MR) is 51.7 cm³/mol. The van der Waals surface area contributed by atoms with Crippen molar-refractivity contribution in [1.29, 1.82) is 0 Å². The van der Waals surface area contributed by atoms with Crippen LogP contribution in [-0.2, 0) is 4.79 Å². The van der Waals surface area contributed by atoms with Gasteiger partial charge in [0.2, 0.25) is 0 Å². The highest BCUT2D eigenvalue weighted by atomic mass is 16.4. The average molecular weight is 185 g/mol. The van der Waals surface area contributed by atoms with Crippen molar-refractivity contribution in [3.8, 4) is 0 Å². The molecule has 1 aliphatic carbocycles. The van der Waals surface area contributed by atoms with Crippen LogP contribution in [0.25, 0.3) is 0 Å². The van der Waals surface area contributed by atoms with Crippen molar-refractivity contribution < 1.29 is 9.90 Å². The van der Waals surface area contributed by atoms with Gasteiger partial charge < -0.3 is 10.0 Å². The van der Waals surface area contributed by atoms with Crippen LogP contribution in [0.4, 0.5) is 0 Å². The molecule has 76 valence electrons. The molecule has 0 bridgehead atoms. The summed E-state index contributed by atoms with van der Waals surface area (Å²) in [4.78, 5) is 12.7. The van der Waals surface area contributed by atoms with Gasteiger partial charge in [0.25, 0.3) is 0 Å². The number of nitrogens with zero attached hydrogens (tertiary/aromatic N) is 1. The van der Waals surface area contributed by atoms with E-state index in [4.69, 9.17) is 5.11 Å². The Morgan fingerprint density at radius 2 is 2.00 bits per heavy atom. The smallest absolute Gasteiger partial charge is 0.304 e. The second kappa shape index (κ2) is 4.61. The Balaban J connectivity index is 2.50. The molecule has 0 radical (unpaired) electrons. The lowest BCUT2D eigenvalue weighted by Crippen LogP contribution is -2.36. The summed E-state index contributed by atoms with van der Waals surface area (Å²) in [5.41, 5.74) is 0. The first-order valence-corrected chi connectivity index (χ1v) is 4.99. The molecule has 1 fully saturated rings. The van der Waals surface area contributed by atoms with Gasteiger partial charge >= 0.3 is 5.97 Å². The quantitative estimate of drug-likeness (QED) is 0.723. The zero-order valence-electron chi connectivity index (χ0n) is 8.49. The zero-order chi connectivity index (χ0) is 9.84. The lowest BCUT2D eigenvalue weighted by molar-refractivity contribution is -0.138. The van der Waals surface area contributed by atoms with Gasteiger partial charge in [0.1, 0.15) is 0 Å².